The summed E-state index contributed by atoms with van der Waals surface area (Å²) in [4.78, 5) is 34.7. The summed E-state index contributed by atoms with van der Waals surface area (Å²) >= 11 is 1.23. The molecule has 0 N–H and O–H groups in total. The van der Waals surface area contributed by atoms with E-state index >= 15 is 0 Å². The second kappa shape index (κ2) is 20.3. The van der Waals surface area contributed by atoms with E-state index in [4.69, 9.17) is 19.9 Å². The Bertz CT molecular complexity index is 2860. The molecule has 0 unspecified atom stereocenters. The molecule has 0 saturated heterocycles. The van der Waals surface area contributed by atoms with E-state index in [0.717, 1.165) is 94.6 Å². The van der Waals surface area contributed by atoms with Crippen LogP contribution in [0.1, 0.15) is 68.6 Å². The van der Waals surface area contributed by atoms with Gasteiger partial charge in [-0.25, -0.2) is 9.97 Å². The minimum absolute atomic E-state index is 0. The van der Waals surface area contributed by atoms with Gasteiger partial charge in [-0.05, 0) is 197 Å². The number of carbonyl (C=O) groups excluding carboxylic acids is 1. The number of hydrogen-bond donors (Lipinski definition) is 0. The van der Waals surface area contributed by atoms with Crippen molar-refractivity contribution < 1.29 is 41.3 Å². The van der Waals surface area contributed by atoms with Gasteiger partial charge in [-0.15, -0.1) is 22.1 Å². The first-order valence-electron chi connectivity index (χ1n) is 20.9. The second-order valence-electron chi connectivity index (χ2n) is 16.2. The van der Waals surface area contributed by atoms with E-state index in [9.17, 15) is 4.79 Å². The third kappa shape index (κ3) is 9.68. The summed E-state index contributed by atoms with van der Waals surface area (Å²) in [5.74, 6) is 1.06. The van der Waals surface area contributed by atoms with Crippen molar-refractivity contribution in [1.82, 2.24) is 19.9 Å². The molecule has 3 aromatic carbocycles. The number of hydrogen-bond acceptors (Lipinski definition) is 4. The van der Waals surface area contributed by atoms with E-state index in [0.29, 0.717) is 0 Å². The number of aryl methyl sites for hydroxylation is 6. The molecule has 2 aliphatic carbocycles. The van der Waals surface area contributed by atoms with E-state index in [1.54, 1.807) is 6.92 Å². The van der Waals surface area contributed by atoms with Gasteiger partial charge in [0, 0.05) is 17.7 Å². The molecule has 6 aromatic rings. The molecule has 8 bridgehead atoms. The van der Waals surface area contributed by atoms with Crippen molar-refractivity contribution >= 4 is 63.2 Å². The van der Waals surface area contributed by atoms with Gasteiger partial charge in [-0.2, -0.15) is 0 Å². The molecule has 0 atom stereocenters. The first kappa shape index (κ1) is 47.4. The van der Waals surface area contributed by atoms with Crippen molar-refractivity contribution in [2.75, 3.05) is 0 Å². The standard InChI is InChI=1S/C51H41N4OS.C5H5.Fe.Zn/c1-28-24-30(3)46(31(4)25-28)50-42-20-16-38(52-42)48(35-10-8-9-11-35)39-17-21-43(53-39)51(47-32(5)26-29(2)27-33(47)6)45-23-19-41(55-45)49(40-18-22-44(50)54-40)36-12-14-37(15-13-36)57-34(7)56;1-2-4-5-3-1;;/h8-27H,1-7H3;1-5H;;/q-2;;2*+2. The fourth-order valence-corrected chi connectivity index (χ4v) is 9.66. The van der Waals surface area contributed by atoms with Crippen molar-refractivity contribution in [2.45, 2.75) is 53.4 Å². The van der Waals surface area contributed by atoms with Gasteiger partial charge in [0.2, 0.25) is 0 Å². The monoisotopic (exact) mass is 942 g/mol. The number of thioether (sulfide) groups is 1. The maximum absolute atomic E-state index is 12.0. The molecule has 8 heteroatoms. The second-order valence-corrected chi connectivity index (χ2v) is 17.4. The number of aromatic nitrogens is 4. The topological polar surface area (TPSA) is 71.1 Å². The molecule has 3 aromatic heterocycles. The summed E-state index contributed by atoms with van der Waals surface area (Å²) in [5, 5.41) is 0.0485. The maximum Gasteiger partial charge on any atom is 2.00 e. The Labute approximate surface area is 406 Å². The minimum atomic E-state index is 0. The van der Waals surface area contributed by atoms with E-state index < -0.39 is 0 Å². The molecule has 5 heterocycles. The third-order valence-corrected chi connectivity index (χ3v) is 12.2. The van der Waals surface area contributed by atoms with Crippen LogP contribution in [-0.4, -0.2) is 15.1 Å². The summed E-state index contributed by atoms with van der Waals surface area (Å²) in [6.45, 7) is 14.6. The molecule has 2 saturated carbocycles. The largest absolute Gasteiger partial charge is 2.00 e. The molecular formula is C56H46FeN4OSZn+2. The van der Waals surface area contributed by atoms with E-state index in [1.807, 2.05) is 44.2 Å². The van der Waals surface area contributed by atoms with Crippen molar-refractivity contribution in [1.29, 1.82) is 0 Å². The third-order valence-electron chi connectivity index (χ3n) is 11.4. The van der Waals surface area contributed by atoms with E-state index in [-0.39, 0.29) is 41.7 Å². The maximum atomic E-state index is 12.0. The molecule has 10 radical (unpaired) electrons. The fraction of sp³-hybridized carbons (Fsp3) is 0.125. The Morgan fingerprint density at radius 2 is 0.828 bits per heavy atom. The Balaban J connectivity index is 0.000000820. The van der Waals surface area contributed by atoms with Gasteiger partial charge < -0.3 is 9.97 Å². The van der Waals surface area contributed by atoms with E-state index in [1.165, 1.54) is 45.1 Å². The van der Waals surface area contributed by atoms with Crippen LogP contribution < -0.4 is 9.97 Å². The molecule has 310 valence electrons. The van der Waals surface area contributed by atoms with E-state index in [2.05, 4.69) is 152 Å². The average Bonchev–Trinajstić information content (AvgIpc) is 4.09. The van der Waals surface area contributed by atoms with Gasteiger partial charge in [-0.3, -0.25) is 4.79 Å². The van der Waals surface area contributed by atoms with Gasteiger partial charge in [0.25, 0.3) is 0 Å². The van der Waals surface area contributed by atoms with Crippen LogP contribution in [0.3, 0.4) is 0 Å². The zero-order valence-corrected chi connectivity index (χ0v) is 42.0. The van der Waals surface area contributed by atoms with Crippen molar-refractivity contribution in [3.63, 3.8) is 0 Å². The van der Waals surface area contributed by atoms with Crippen LogP contribution in [0.4, 0.5) is 0 Å². The zero-order chi connectivity index (χ0) is 43.1. The first-order valence-corrected chi connectivity index (χ1v) is 21.7. The van der Waals surface area contributed by atoms with Crippen LogP contribution in [0.2, 0.25) is 0 Å². The Hall–Kier alpha value is -4.58. The smallest absolute Gasteiger partial charge is 0.657 e. The van der Waals surface area contributed by atoms with Gasteiger partial charge in [0.05, 0.1) is 22.8 Å². The predicted molar refractivity (Wildman–Crippen MR) is 259 cm³/mol. The summed E-state index contributed by atoms with van der Waals surface area (Å²) in [6, 6.07) is 25.5. The Morgan fingerprint density at radius 1 is 0.469 bits per heavy atom. The molecule has 4 aliphatic rings. The van der Waals surface area contributed by atoms with Crippen LogP contribution in [-0.2, 0) is 41.3 Å². The van der Waals surface area contributed by atoms with Gasteiger partial charge in [0.1, 0.15) is 0 Å². The van der Waals surface area contributed by atoms with Gasteiger partial charge in [0.15, 0.2) is 5.12 Å². The minimum Gasteiger partial charge on any atom is -0.657 e. The SMILES string of the molecule is CC(=O)Sc1ccc(-c2c3nc(c(-c4c(C)cc(C)cc4C)c4ccc([n-]4)c([C]4[CH][CH][CH][CH]4)c4nc(c(-c5c(C)cc(C)cc5C)c5ccc2[n-]5)C=C4)C=C3)cc1.[CH]1[CH][CH][CH][CH]1.[Fe+2].[Zn+2]. The molecule has 10 rings (SSSR count). The molecule has 5 nitrogen and oxygen atoms in total. The summed E-state index contributed by atoms with van der Waals surface area (Å²) < 4.78 is 0. The summed E-state index contributed by atoms with van der Waals surface area (Å²) in [5.41, 5.74) is 20.9. The van der Waals surface area contributed by atoms with Crippen molar-refractivity contribution in [3.05, 3.63) is 198 Å². The van der Waals surface area contributed by atoms with Crippen molar-refractivity contribution in [2.24, 2.45) is 0 Å². The quantitative estimate of drug-likeness (QED) is 0.126. The Kier molecular flexibility index (Phi) is 15.0. The zero-order valence-electron chi connectivity index (χ0n) is 37.1. The first-order chi connectivity index (χ1) is 30.0. The predicted octanol–water partition coefficient (Wildman–Crippen LogP) is 13.2. The Morgan fingerprint density at radius 3 is 1.23 bits per heavy atom. The molecule has 2 fully saturated rings. The number of carbonyl (C=O) groups is 1. The molecule has 0 amide bonds. The number of nitrogens with zero attached hydrogens (tertiary/aromatic N) is 4. The molecule has 2 aliphatic heterocycles. The van der Waals surface area contributed by atoms with Crippen LogP contribution in [0, 0.1) is 105 Å². The van der Waals surface area contributed by atoms with Crippen LogP contribution in [0.15, 0.2) is 77.7 Å². The molecule has 0 spiro atoms. The number of rotatable bonds is 5. The average molecular weight is 944 g/mol. The summed E-state index contributed by atoms with van der Waals surface area (Å²) in [7, 11) is 0. The molecular weight excluding hydrogens is 898 g/mol. The fourth-order valence-electron chi connectivity index (χ4n) is 9.06. The van der Waals surface area contributed by atoms with Gasteiger partial charge in [-0.1, -0.05) is 83.6 Å². The van der Waals surface area contributed by atoms with Crippen LogP contribution >= 0.6 is 11.8 Å². The number of fused-ring (bicyclic) bond motifs is 8. The normalized spacial score (nSPS) is 14.2. The van der Waals surface area contributed by atoms with Crippen molar-refractivity contribution in [3.8, 4) is 33.4 Å². The van der Waals surface area contributed by atoms with Gasteiger partial charge >= 0.3 is 36.5 Å². The molecule has 64 heavy (non-hydrogen) atoms. The van der Waals surface area contributed by atoms with Crippen LogP contribution in [0.5, 0.6) is 0 Å². The number of benzene rings is 3. The summed E-state index contributed by atoms with van der Waals surface area (Å²) in [6.07, 6.45) is 26.9. The van der Waals surface area contributed by atoms with Crippen LogP contribution in [0.25, 0.3) is 79.8 Å².